The molecule has 0 unspecified atom stereocenters. The van der Waals surface area contributed by atoms with Crippen molar-refractivity contribution >= 4 is 98.1 Å². The van der Waals surface area contributed by atoms with Gasteiger partial charge in [-0.2, -0.15) is 28.8 Å². The number of hydrogen-bond donors (Lipinski definition) is 7. The van der Waals surface area contributed by atoms with Crippen LogP contribution in [-0.2, 0) is 45.4 Å². The summed E-state index contributed by atoms with van der Waals surface area (Å²) in [5.74, 6) is 3.07. The second kappa shape index (κ2) is 48.0. The van der Waals surface area contributed by atoms with E-state index in [1.165, 1.54) is 73.3 Å². The maximum Gasteiger partial charge on any atom is 0.373 e. The predicted octanol–water partition coefficient (Wildman–Crippen LogP) is 15.1. The van der Waals surface area contributed by atoms with Gasteiger partial charge in [0.05, 0.1) is 49.1 Å². The lowest BCUT2D eigenvalue weighted by Crippen LogP contribution is -2.43. The minimum Gasteiger partial charge on any atom is -0.542 e. The largest absolute Gasteiger partial charge is 0.542 e. The number of alkyl halides is 1. The second-order valence-electron chi connectivity index (χ2n) is 27.0. The van der Waals surface area contributed by atoms with Crippen LogP contribution in [-0.4, -0.2) is 130 Å². The van der Waals surface area contributed by atoms with Gasteiger partial charge in [0.1, 0.15) is 50.5 Å². The van der Waals surface area contributed by atoms with Crippen molar-refractivity contribution in [3.05, 3.63) is 187 Å². The highest BCUT2D eigenvalue weighted by Gasteiger charge is 2.41. The molecule has 0 atom stereocenters. The fourth-order valence-corrected chi connectivity index (χ4v) is 10.2. The molecule has 9 heterocycles. The summed E-state index contributed by atoms with van der Waals surface area (Å²) < 4.78 is 16.9. The number of amides is 1. The number of carbonyl (C=O) groups is 2. The molecule has 0 bridgehead atoms. The van der Waals surface area contributed by atoms with E-state index >= 15 is 0 Å². The number of hydrogen-bond acceptors (Lipinski definition) is 26. The van der Waals surface area contributed by atoms with Crippen LogP contribution in [0.2, 0.25) is 46.6 Å². The Bertz CT molecular complexity index is 4200. The minimum atomic E-state index is -1.75. The quantitative estimate of drug-likeness (QED) is 0.0244. The second-order valence-corrected chi connectivity index (χ2v) is 37.8. The summed E-state index contributed by atoms with van der Waals surface area (Å²) in [7, 11) is -3.48. The molecular formula is C75H97BrCl2N12O16Si2. The maximum absolute atomic E-state index is 11.8. The number of halogens is 3. The molecule has 582 valence electrons. The molecule has 0 saturated heterocycles. The molecule has 3 aliphatic rings. The van der Waals surface area contributed by atoms with Gasteiger partial charge in [-0.1, -0.05) is 87.2 Å². The lowest BCUT2D eigenvalue weighted by atomic mass is 10.2. The lowest BCUT2D eigenvalue weighted by Gasteiger charge is -2.36. The first kappa shape index (κ1) is 97.6. The van der Waals surface area contributed by atoms with Crippen molar-refractivity contribution in [1.82, 2.24) is 44.8 Å². The third kappa shape index (κ3) is 37.7. The van der Waals surface area contributed by atoms with Gasteiger partial charge in [0.15, 0.2) is 11.9 Å². The number of anilines is 1. The Hall–Kier alpha value is -10.4. The smallest absolute Gasteiger partial charge is 0.373 e. The number of carbonyl (C=O) groups excluding carboxylic acids is 8. The molecule has 1 aliphatic heterocycles. The Morgan fingerprint density at radius 2 is 0.935 bits per heavy atom. The van der Waals surface area contributed by atoms with E-state index in [2.05, 4.69) is 152 Å². The zero-order valence-electron chi connectivity index (χ0n) is 64.2. The Labute approximate surface area is 651 Å². The van der Waals surface area contributed by atoms with Crippen molar-refractivity contribution < 1.29 is 77.5 Å². The van der Waals surface area contributed by atoms with Crippen LogP contribution in [0.3, 0.4) is 0 Å². The molecule has 0 aromatic carbocycles. The number of nitrogens with zero attached hydrogens (tertiary/aromatic N) is 10. The Balaban J connectivity index is 0.00000119. The average Bonchev–Trinajstić information content (AvgIpc) is 1.61. The summed E-state index contributed by atoms with van der Waals surface area (Å²) in [5.41, 5.74) is 22.2. The monoisotopic (exact) mass is 1630 g/mol. The minimum absolute atomic E-state index is 0.0162. The number of nitrogens with two attached hydrogens (primary N) is 2. The number of aromatic hydroxyl groups is 5. The van der Waals surface area contributed by atoms with Crippen LogP contribution in [0, 0.1) is 68.9 Å². The van der Waals surface area contributed by atoms with Crippen LogP contribution in [0.1, 0.15) is 139 Å². The maximum atomic E-state index is 11.8. The number of pyridine rings is 8. The van der Waals surface area contributed by atoms with Crippen molar-refractivity contribution in [1.29, 1.82) is 0 Å². The first-order chi connectivity index (χ1) is 50.3. The predicted molar refractivity (Wildman–Crippen MR) is 416 cm³/mol. The van der Waals surface area contributed by atoms with E-state index in [1.54, 1.807) is 45.0 Å². The van der Waals surface area contributed by atoms with Crippen molar-refractivity contribution in [3.63, 3.8) is 0 Å². The van der Waals surface area contributed by atoms with E-state index in [4.69, 9.17) is 99.3 Å². The van der Waals surface area contributed by atoms with Crippen molar-refractivity contribution in [2.24, 2.45) is 5.73 Å². The first-order valence-electron chi connectivity index (χ1n) is 32.9. The number of ether oxygens (including phenoxy) is 1. The third-order valence-corrected chi connectivity index (χ3v) is 26.1. The average molecular weight is 1630 g/mol. The van der Waals surface area contributed by atoms with E-state index in [0.717, 1.165) is 69.0 Å². The lowest BCUT2D eigenvalue weighted by molar-refractivity contribution is -0.193. The van der Waals surface area contributed by atoms with E-state index in [0.29, 0.717) is 63.7 Å². The van der Waals surface area contributed by atoms with Crippen molar-refractivity contribution in [2.45, 2.75) is 190 Å². The van der Waals surface area contributed by atoms with Gasteiger partial charge in [-0.05, 0) is 206 Å². The standard InChI is InChI=1S/C13H22BrNOSi.C13H23NOSi.C10H10N2O2.C7H6N2O.C7H7NO3.C7H9NO.C6H7ClN2.C6H6ClNO.C3H7N.3CO2/c1-10-11(8-14)7-12(9-15-10)16-17(5,6)13(2,3)4;1-10-8-12(9-14-11(10)2)15-16(6,7)13(3,4)5;13-8-3-6-5-12(7-1-2-7)10(14)9(6)11-4-8;1-5-3-6(10)4-9-7(5)8-2;1-5-2-6(10)3-8-7(5)11-4-9;1-5-3-7(9)4-8-6(5)2;1-4-2-5(8)3-9-6(4)7;1-4-2-5(9)3-8-6(4)7;4-3-1-2-3;3*2-1-3/h7,9H,8H2,1-6H3;8-9H,1-7H3;3-4,7,13H,1-2,5H2;3-4,10H,1H3;2-4,10H,1H3;3-4,9H,1-2H3;2-3H,8H2,1H3;2-3,9H,1H3;3H,1-2,4H2;;;. The summed E-state index contributed by atoms with van der Waals surface area (Å²) in [6.45, 7) is 47.0. The van der Waals surface area contributed by atoms with E-state index in [-0.39, 0.29) is 69.1 Å². The van der Waals surface area contributed by atoms with Gasteiger partial charge in [-0.15, -0.1) is 4.98 Å². The molecule has 11 rings (SSSR count). The van der Waals surface area contributed by atoms with Crippen LogP contribution >= 0.6 is 39.1 Å². The summed E-state index contributed by atoms with van der Waals surface area (Å²) in [4.78, 5) is 107. The topological polar surface area (TPSA) is 428 Å². The van der Waals surface area contributed by atoms with Crippen LogP contribution in [0.5, 0.6) is 46.1 Å². The Kier molecular flexibility index (Phi) is 43.4. The number of aryl methyl sites for hydroxylation is 9. The van der Waals surface area contributed by atoms with Gasteiger partial charge < -0.3 is 60.3 Å². The van der Waals surface area contributed by atoms with Gasteiger partial charge in [0, 0.05) is 52.2 Å². The molecule has 2 saturated carbocycles. The highest BCUT2D eigenvalue weighted by molar-refractivity contribution is 9.08. The normalized spacial score (nSPS) is 11.8. The Morgan fingerprint density at radius 1 is 0.556 bits per heavy atom. The zero-order chi connectivity index (χ0) is 83.0. The van der Waals surface area contributed by atoms with Crippen molar-refractivity contribution in [3.8, 4) is 46.1 Å². The Morgan fingerprint density at radius 3 is 1.31 bits per heavy atom. The van der Waals surface area contributed by atoms with Gasteiger partial charge in [0.25, 0.3) is 34.8 Å². The number of rotatable bonds is 8. The van der Waals surface area contributed by atoms with Gasteiger partial charge in [-0.25, -0.2) is 19.9 Å². The molecule has 28 nitrogen and oxygen atoms in total. The SMILES string of the molecule is Cc1cc(N)cnc1Cl.Cc1cc(O)cnc1C.Cc1cc(O)cnc1Cl.Cc1cc(O)cnc1OC=O.Cc1cc(O[Si](C)(C)C(C)(C)C)cnc1C.Cc1ncc(O[Si](C)(C)C(C)(C)C)cc1CBr.NC1CC1.O=C1c2ncc(O)cc2CN1C1CC1.O=C=O.O=C=O.O=C=O.[C-]#[N+]c1ncc(O)cc1C. The summed E-state index contributed by atoms with van der Waals surface area (Å²) in [5, 5.41) is 46.9. The van der Waals surface area contributed by atoms with Crippen LogP contribution in [0.25, 0.3) is 4.85 Å². The fourth-order valence-electron chi connectivity index (χ4n) is 7.43. The van der Waals surface area contributed by atoms with Crippen molar-refractivity contribution in [2.75, 3.05) is 5.73 Å². The molecule has 33 heteroatoms. The molecule has 8 aromatic rings. The molecule has 1 amide bonds. The summed E-state index contributed by atoms with van der Waals surface area (Å²) in [6.07, 6.45) is 17.3. The zero-order valence-corrected chi connectivity index (χ0v) is 69.3. The fraction of sp³-hybridized carbons (Fsp3) is 0.387. The van der Waals surface area contributed by atoms with E-state index in [9.17, 15) is 14.7 Å². The third-order valence-electron chi connectivity index (χ3n) is 16.0. The number of nitrogen functional groups attached to an aromatic ring is 1. The molecule has 9 N–H and O–H groups in total. The van der Waals surface area contributed by atoms with Crippen LogP contribution in [0.4, 0.5) is 11.5 Å². The molecule has 2 aliphatic carbocycles. The first-order valence-corrected chi connectivity index (χ1v) is 40.6. The van der Waals surface area contributed by atoms with Gasteiger partial charge in [0.2, 0.25) is 5.88 Å². The number of aromatic nitrogens is 8. The molecule has 2 fully saturated rings. The summed E-state index contributed by atoms with van der Waals surface area (Å²) in [6, 6.07) is 14.8. The van der Waals surface area contributed by atoms with E-state index < -0.39 is 16.6 Å². The molecule has 0 spiro atoms. The highest BCUT2D eigenvalue weighted by Crippen LogP contribution is 2.39. The molecule has 108 heavy (non-hydrogen) atoms. The molecule has 8 aromatic heterocycles. The highest BCUT2D eigenvalue weighted by atomic mass is 79.9. The summed E-state index contributed by atoms with van der Waals surface area (Å²) >= 11 is 14.6. The van der Waals surface area contributed by atoms with Crippen LogP contribution < -0.4 is 25.1 Å². The number of fused-ring (bicyclic) bond motifs is 1. The van der Waals surface area contributed by atoms with Gasteiger partial charge in [-0.3, -0.25) is 24.5 Å². The van der Waals surface area contributed by atoms with Crippen LogP contribution in [0.15, 0.2) is 98.1 Å². The molecule has 0 radical (unpaired) electrons. The van der Waals surface area contributed by atoms with Gasteiger partial charge >= 0.3 is 18.5 Å². The molecular weight excluding hydrogens is 1530 g/mol. The van der Waals surface area contributed by atoms with E-state index in [1.807, 2.05) is 51.9 Å².